The molecule has 1 aliphatic heterocycles. The van der Waals surface area contributed by atoms with Crippen LogP contribution in [0.4, 0.5) is 34.1 Å². The first-order valence-corrected chi connectivity index (χ1v) is 25.5. The van der Waals surface area contributed by atoms with Crippen LogP contribution in [0.5, 0.6) is 0 Å². The van der Waals surface area contributed by atoms with E-state index in [0.29, 0.717) is 0 Å². The first-order valence-electron chi connectivity index (χ1n) is 22.5. The maximum atomic E-state index is 2.52. The number of fused-ring (bicyclic) bond motifs is 3. The van der Waals surface area contributed by atoms with Gasteiger partial charge in [0, 0.05) is 34.0 Å². The number of hydrogen-bond donors (Lipinski definition) is 0. The van der Waals surface area contributed by atoms with Crippen LogP contribution in [0.3, 0.4) is 0 Å². The van der Waals surface area contributed by atoms with Crippen molar-refractivity contribution in [3.05, 3.63) is 255 Å². The van der Waals surface area contributed by atoms with Gasteiger partial charge in [-0.3, -0.25) is 0 Å². The van der Waals surface area contributed by atoms with Crippen LogP contribution in [0, 0.1) is 0 Å². The van der Waals surface area contributed by atoms with Crippen LogP contribution in [0.15, 0.2) is 255 Å². The lowest BCUT2D eigenvalue weighted by Gasteiger charge is -2.29. The minimum atomic E-state index is -2.18. The second kappa shape index (κ2) is 16.9. The number of para-hydroxylation sites is 1. The Bertz CT molecular complexity index is 3140. The molecule has 0 amide bonds. The van der Waals surface area contributed by atoms with Crippen LogP contribution in [0.1, 0.15) is 0 Å². The zero-order valence-corrected chi connectivity index (χ0v) is 37.6. The predicted molar refractivity (Wildman–Crippen MR) is 280 cm³/mol. The van der Waals surface area contributed by atoms with Crippen molar-refractivity contribution in [2.75, 3.05) is 9.80 Å². The lowest BCUT2D eigenvalue weighted by Crippen LogP contribution is -2.49. The maximum absolute atomic E-state index is 2.52. The summed E-state index contributed by atoms with van der Waals surface area (Å²) in [6, 6.07) is 92.9. The van der Waals surface area contributed by atoms with Crippen molar-refractivity contribution in [2.45, 2.75) is 13.1 Å². The van der Waals surface area contributed by atoms with Crippen LogP contribution in [-0.2, 0) is 0 Å². The van der Waals surface area contributed by atoms with E-state index in [9.17, 15) is 0 Å². The van der Waals surface area contributed by atoms with E-state index in [1.54, 1.807) is 0 Å². The molecule has 1 heterocycles. The average Bonchev–Trinajstić information content (AvgIpc) is 3.61. The van der Waals surface area contributed by atoms with E-state index in [-0.39, 0.29) is 0 Å². The summed E-state index contributed by atoms with van der Waals surface area (Å²) >= 11 is 0. The highest BCUT2D eigenvalue weighted by Crippen LogP contribution is 2.45. The number of benzene rings is 10. The van der Waals surface area contributed by atoms with Gasteiger partial charge in [-0.25, -0.2) is 0 Å². The van der Waals surface area contributed by atoms with Crippen molar-refractivity contribution in [1.82, 2.24) is 0 Å². The molecule has 0 atom stereocenters. The lowest BCUT2D eigenvalue weighted by molar-refractivity contribution is 1.28. The van der Waals surface area contributed by atoms with E-state index in [2.05, 4.69) is 278 Å². The smallest absolute Gasteiger partial charge is 0.114 e. The monoisotopic (exact) mass is 848 g/mol. The van der Waals surface area contributed by atoms with Crippen molar-refractivity contribution in [3.63, 3.8) is 0 Å². The molecule has 0 N–H and O–H groups in total. The Morgan fingerprint density at radius 1 is 0.262 bits per heavy atom. The predicted octanol–water partition coefficient (Wildman–Crippen LogP) is 16.1. The molecular formula is C62H48N2Si. The van der Waals surface area contributed by atoms with Crippen molar-refractivity contribution >= 4 is 52.6 Å². The second-order valence-corrected chi connectivity index (χ2v) is 21.7. The van der Waals surface area contributed by atoms with Gasteiger partial charge in [0.2, 0.25) is 0 Å². The molecule has 11 rings (SSSR count). The van der Waals surface area contributed by atoms with E-state index < -0.39 is 8.07 Å². The fourth-order valence-corrected chi connectivity index (χ4v) is 12.8. The summed E-state index contributed by atoms with van der Waals surface area (Å²) < 4.78 is 0. The summed E-state index contributed by atoms with van der Waals surface area (Å²) in [6.45, 7) is 5.03. The first-order chi connectivity index (χ1) is 32.0. The SMILES string of the molecule is C[Si]1(C)c2cc(N(c3ccccc3)c3ccc(-c4ccc(-c5ccccc5)cc4)cc3)ccc2-c2c(N(c3ccc(-c4ccccc4)cc3)c3ccc(-c4ccccc4)cc3)cccc21. The van der Waals surface area contributed by atoms with Gasteiger partial charge in [0.1, 0.15) is 8.07 Å². The highest BCUT2D eigenvalue weighted by molar-refractivity contribution is 7.04. The van der Waals surface area contributed by atoms with E-state index >= 15 is 0 Å². The Balaban J connectivity index is 0.989. The molecule has 0 saturated carbocycles. The molecule has 2 nitrogen and oxygen atoms in total. The third kappa shape index (κ3) is 7.56. The van der Waals surface area contributed by atoms with Crippen LogP contribution < -0.4 is 20.2 Å². The first kappa shape index (κ1) is 39.8. The molecule has 310 valence electrons. The van der Waals surface area contributed by atoms with Gasteiger partial charge in [-0.05, 0) is 127 Å². The van der Waals surface area contributed by atoms with Gasteiger partial charge in [-0.15, -0.1) is 0 Å². The van der Waals surface area contributed by atoms with Gasteiger partial charge in [0.15, 0.2) is 0 Å². The Morgan fingerprint density at radius 2 is 0.600 bits per heavy atom. The molecule has 0 spiro atoms. The van der Waals surface area contributed by atoms with Gasteiger partial charge >= 0.3 is 0 Å². The highest BCUT2D eigenvalue weighted by atomic mass is 28.3. The van der Waals surface area contributed by atoms with Crippen LogP contribution >= 0.6 is 0 Å². The van der Waals surface area contributed by atoms with Gasteiger partial charge in [-0.1, -0.05) is 201 Å². The molecule has 0 unspecified atom stereocenters. The largest absolute Gasteiger partial charge is 0.311 e. The fourth-order valence-electron chi connectivity index (χ4n) is 9.69. The molecular weight excluding hydrogens is 801 g/mol. The number of hydrogen-bond acceptors (Lipinski definition) is 2. The third-order valence-electron chi connectivity index (χ3n) is 13.1. The Morgan fingerprint density at radius 3 is 1.03 bits per heavy atom. The standard InChI is InChI=1S/C62H48N2Si/c1-65(2)60-25-15-24-59(64(55-38-32-50(33-39-55)46-18-9-4-10-19-46)56-40-34-51(35-41-56)47-20-11-5-12-21-47)62(60)58-43-42-57(44-61(58)65)63(53-22-13-6-14-23-53)54-36-30-52(31-37-54)49-28-26-48(27-29-49)45-16-7-3-8-17-45/h3-44H,1-2H3. The minimum Gasteiger partial charge on any atom is -0.311 e. The molecule has 0 fully saturated rings. The fraction of sp³-hybridized carbons (Fsp3) is 0.0323. The quantitative estimate of drug-likeness (QED) is 0.127. The van der Waals surface area contributed by atoms with Crippen molar-refractivity contribution in [2.24, 2.45) is 0 Å². The molecule has 65 heavy (non-hydrogen) atoms. The van der Waals surface area contributed by atoms with E-state index in [1.165, 1.54) is 71.7 Å². The Kier molecular flexibility index (Phi) is 10.4. The summed E-state index contributed by atoms with van der Waals surface area (Å²) in [5, 5.41) is 2.91. The zero-order chi connectivity index (χ0) is 43.7. The Labute approximate surface area is 384 Å². The number of rotatable bonds is 10. The maximum Gasteiger partial charge on any atom is 0.114 e. The molecule has 1 aliphatic rings. The normalized spacial score (nSPS) is 12.3. The molecule has 0 aromatic heterocycles. The molecule has 0 saturated heterocycles. The minimum absolute atomic E-state index is 1.13. The van der Waals surface area contributed by atoms with Gasteiger partial charge in [0.25, 0.3) is 0 Å². The summed E-state index contributed by atoms with van der Waals surface area (Å²) in [6.07, 6.45) is 0. The molecule has 3 heteroatoms. The molecule has 0 bridgehead atoms. The van der Waals surface area contributed by atoms with E-state index in [0.717, 1.165) is 28.4 Å². The van der Waals surface area contributed by atoms with E-state index in [1.807, 2.05) is 0 Å². The lowest BCUT2D eigenvalue weighted by atomic mass is 9.99. The number of anilines is 6. The molecule has 0 aliphatic carbocycles. The van der Waals surface area contributed by atoms with Crippen molar-refractivity contribution < 1.29 is 0 Å². The summed E-state index contributed by atoms with van der Waals surface area (Å²) in [4.78, 5) is 4.87. The summed E-state index contributed by atoms with van der Waals surface area (Å²) in [5.74, 6) is 0. The van der Waals surface area contributed by atoms with Crippen LogP contribution in [0.2, 0.25) is 13.1 Å². The highest BCUT2D eigenvalue weighted by Gasteiger charge is 2.40. The van der Waals surface area contributed by atoms with Crippen LogP contribution in [0.25, 0.3) is 55.6 Å². The summed E-state index contributed by atoms with van der Waals surface area (Å²) in [7, 11) is -2.18. The second-order valence-electron chi connectivity index (χ2n) is 17.4. The van der Waals surface area contributed by atoms with E-state index in [4.69, 9.17) is 0 Å². The average molecular weight is 849 g/mol. The molecule has 10 aromatic carbocycles. The zero-order valence-electron chi connectivity index (χ0n) is 36.6. The van der Waals surface area contributed by atoms with Crippen LogP contribution in [-0.4, -0.2) is 8.07 Å². The topological polar surface area (TPSA) is 6.48 Å². The molecule has 0 radical (unpaired) electrons. The third-order valence-corrected chi connectivity index (χ3v) is 16.6. The van der Waals surface area contributed by atoms with Gasteiger partial charge < -0.3 is 9.80 Å². The van der Waals surface area contributed by atoms with Gasteiger partial charge in [0.05, 0.1) is 5.69 Å². The number of nitrogens with zero attached hydrogens (tertiary/aromatic N) is 2. The summed E-state index contributed by atoms with van der Waals surface area (Å²) in [5.41, 5.74) is 19.2. The molecule has 10 aromatic rings. The van der Waals surface area contributed by atoms with Crippen molar-refractivity contribution in [3.8, 4) is 55.6 Å². The Hall–Kier alpha value is -7.98. The van der Waals surface area contributed by atoms with Gasteiger partial charge in [-0.2, -0.15) is 0 Å². The van der Waals surface area contributed by atoms with Crippen molar-refractivity contribution in [1.29, 1.82) is 0 Å².